The number of hydrogen-bond acceptors (Lipinski definition) is 2. The molecule has 12 heavy (non-hydrogen) atoms. The molecule has 0 aromatic carbocycles. The fraction of sp³-hybridized carbons (Fsp3) is 0.200. The molecule has 0 fully saturated rings. The monoisotopic (exact) mass is 234 g/mol. The molecular weight excluding hydrogens is 230 g/mol. The molecule has 0 aromatic heterocycles. The van der Waals surface area contributed by atoms with Gasteiger partial charge in [-0.15, -0.1) is 0 Å². The highest BCUT2D eigenvalue weighted by Gasteiger charge is 2.29. The first-order chi connectivity index (χ1) is 5.21. The van der Waals surface area contributed by atoms with Gasteiger partial charge >= 0.3 is 11.9 Å². The summed E-state index contributed by atoms with van der Waals surface area (Å²) < 4.78 is -2.17. The van der Waals surface area contributed by atoms with Crippen molar-refractivity contribution in [2.24, 2.45) is 0 Å². The standard InChI is InChI=1S/C3H4O2.C2HCl3O2/c1-2-3(4)5;3-2(4,5)1(6)7/h2H,1H2,(H,4,5);(H,6,7). The zero-order chi connectivity index (χ0) is 10.4. The quantitative estimate of drug-likeness (QED) is 0.536. The number of carbonyl (C=O) groups is 2. The average Bonchev–Trinajstić information content (AvgIpc) is 1.87. The Kier molecular flexibility index (Phi) is 7.18. The molecule has 0 amide bonds. The maximum atomic E-state index is 9.62. The number of alkyl halides is 3. The number of halogens is 3. The summed E-state index contributed by atoms with van der Waals surface area (Å²) in [5.74, 6) is -2.44. The van der Waals surface area contributed by atoms with Crippen molar-refractivity contribution in [1.82, 2.24) is 0 Å². The van der Waals surface area contributed by atoms with Crippen molar-refractivity contribution >= 4 is 46.7 Å². The molecular formula is C5H5Cl3O4. The van der Waals surface area contributed by atoms with Gasteiger partial charge in [-0.05, 0) is 0 Å². The molecule has 0 aromatic rings. The number of rotatable bonds is 1. The van der Waals surface area contributed by atoms with Gasteiger partial charge in [0.15, 0.2) is 0 Å². The summed E-state index contributed by atoms with van der Waals surface area (Å²) in [5.41, 5.74) is 0. The first kappa shape index (κ1) is 14.1. The Hall–Kier alpha value is -0.450. The lowest BCUT2D eigenvalue weighted by atomic mass is 10.7. The van der Waals surface area contributed by atoms with Crippen LogP contribution in [0.1, 0.15) is 0 Å². The Labute approximate surface area is 83.3 Å². The Morgan fingerprint density at radius 1 is 1.25 bits per heavy atom. The third-order valence-electron chi connectivity index (χ3n) is 0.417. The molecule has 0 spiro atoms. The van der Waals surface area contributed by atoms with E-state index in [1.807, 2.05) is 0 Å². The van der Waals surface area contributed by atoms with E-state index in [0.717, 1.165) is 6.08 Å². The van der Waals surface area contributed by atoms with Crippen molar-refractivity contribution in [3.8, 4) is 0 Å². The minimum Gasteiger partial charge on any atom is -0.478 e. The molecule has 0 unspecified atom stereocenters. The molecule has 0 aliphatic rings. The topological polar surface area (TPSA) is 74.6 Å². The largest absolute Gasteiger partial charge is 0.478 e. The van der Waals surface area contributed by atoms with Crippen LogP contribution in [0.25, 0.3) is 0 Å². The van der Waals surface area contributed by atoms with Gasteiger partial charge < -0.3 is 10.2 Å². The zero-order valence-corrected chi connectivity index (χ0v) is 7.90. The molecule has 70 valence electrons. The van der Waals surface area contributed by atoms with Crippen LogP contribution < -0.4 is 0 Å². The normalized spacial score (nSPS) is 9.25. The molecule has 0 bridgehead atoms. The minimum atomic E-state index is -2.17. The number of aliphatic carboxylic acids is 2. The highest BCUT2D eigenvalue weighted by atomic mass is 35.6. The highest BCUT2D eigenvalue weighted by molar-refractivity contribution is 6.75. The summed E-state index contributed by atoms with van der Waals surface area (Å²) in [4.78, 5) is 18.9. The van der Waals surface area contributed by atoms with E-state index in [1.54, 1.807) is 0 Å². The van der Waals surface area contributed by atoms with E-state index in [0.29, 0.717) is 0 Å². The van der Waals surface area contributed by atoms with Crippen molar-refractivity contribution in [1.29, 1.82) is 0 Å². The summed E-state index contributed by atoms with van der Waals surface area (Å²) in [5, 5.41) is 15.5. The second-order valence-electron chi connectivity index (χ2n) is 1.35. The number of hydrogen-bond donors (Lipinski definition) is 2. The van der Waals surface area contributed by atoms with E-state index in [9.17, 15) is 9.59 Å². The number of carboxylic acid groups (broad SMARTS) is 2. The van der Waals surface area contributed by atoms with Gasteiger partial charge in [0.25, 0.3) is 3.79 Å². The van der Waals surface area contributed by atoms with Crippen molar-refractivity contribution in [3.63, 3.8) is 0 Å². The van der Waals surface area contributed by atoms with Crippen LogP contribution in [0.2, 0.25) is 0 Å². The van der Waals surface area contributed by atoms with Crippen LogP contribution in [0, 0.1) is 0 Å². The Balaban J connectivity index is 0. The molecule has 7 heteroatoms. The first-order valence-electron chi connectivity index (χ1n) is 2.37. The predicted octanol–water partition coefficient (Wildman–Crippen LogP) is 1.70. The van der Waals surface area contributed by atoms with Crippen molar-refractivity contribution in [3.05, 3.63) is 12.7 Å². The number of carboxylic acids is 2. The zero-order valence-electron chi connectivity index (χ0n) is 5.63. The SMILES string of the molecule is C=CC(=O)O.O=C(O)C(Cl)(Cl)Cl. The summed E-state index contributed by atoms with van der Waals surface area (Å²) in [6.07, 6.45) is 0.833. The van der Waals surface area contributed by atoms with Gasteiger partial charge in [0, 0.05) is 6.08 Å². The van der Waals surface area contributed by atoms with Gasteiger partial charge in [0.2, 0.25) is 0 Å². The minimum absolute atomic E-state index is 0.833. The molecule has 0 rings (SSSR count). The predicted molar refractivity (Wildman–Crippen MR) is 45.8 cm³/mol. The summed E-state index contributed by atoms with van der Waals surface area (Å²) in [6, 6.07) is 0. The van der Waals surface area contributed by atoms with Gasteiger partial charge in [-0.25, -0.2) is 9.59 Å². The van der Waals surface area contributed by atoms with E-state index < -0.39 is 15.7 Å². The van der Waals surface area contributed by atoms with E-state index in [-0.39, 0.29) is 0 Å². The van der Waals surface area contributed by atoms with Gasteiger partial charge in [0.1, 0.15) is 0 Å². The van der Waals surface area contributed by atoms with Crippen LogP contribution in [0.15, 0.2) is 12.7 Å². The van der Waals surface area contributed by atoms with E-state index in [1.165, 1.54) is 0 Å². The Morgan fingerprint density at radius 3 is 1.42 bits per heavy atom. The summed E-state index contributed by atoms with van der Waals surface area (Å²) in [6.45, 7) is 2.96. The second kappa shape index (κ2) is 6.11. The molecule has 0 saturated carbocycles. The smallest absolute Gasteiger partial charge is 0.356 e. The van der Waals surface area contributed by atoms with Crippen LogP contribution in [0.5, 0.6) is 0 Å². The maximum Gasteiger partial charge on any atom is 0.356 e. The summed E-state index contributed by atoms with van der Waals surface area (Å²) in [7, 11) is 0. The van der Waals surface area contributed by atoms with Crippen molar-refractivity contribution < 1.29 is 19.8 Å². The maximum absolute atomic E-state index is 9.62. The fourth-order valence-electron chi connectivity index (χ4n) is 0. The molecule has 0 heterocycles. The van der Waals surface area contributed by atoms with Gasteiger partial charge in [-0.1, -0.05) is 41.4 Å². The van der Waals surface area contributed by atoms with Crippen molar-refractivity contribution in [2.75, 3.05) is 0 Å². The highest BCUT2D eigenvalue weighted by Crippen LogP contribution is 2.25. The van der Waals surface area contributed by atoms with Crippen LogP contribution in [-0.2, 0) is 9.59 Å². The average molecular weight is 235 g/mol. The molecule has 0 saturated heterocycles. The van der Waals surface area contributed by atoms with Gasteiger partial charge in [0.05, 0.1) is 0 Å². The molecule has 0 aliphatic carbocycles. The molecule has 2 N–H and O–H groups in total. The summed E-state index contributed by atoms with van der Waals surface area (Å²) >= 11 is 14.4. The van der Waals surface area contributed by atoms with Gasteiger partial charge in [-0.3, -0.25) is 0 Å². The lowest BCUT2D eigenvalue weighted by Crippen LogP contribution is -2.16. The Bertz CT molecular complexity index is 184. The molecule has 4 nitrogen and oxygen atoms in total. The van der Waals surface area contributed by atoms with Gasteiger partial charge in [-0.2, -0.15) is 0 Å². The fourth-order valence-corrected chi connectivity index (χ4v) is 0. The lowest BCUT2D eigenvalue weighted by Gasteiger charge is -1.99. The van der Waals surface area contributed by atoms with Crippen LogP contribution in [0.4, 0.5) is 0 Å². The Morgan fingerprint density at radius 2 is 1.42 bits per heavy atom. The second-order valence-corrected chi connectivity index (χ2v) is 3.63. The first-order valence-corrected chi connectivity index (χ1v) is 3.50. The molecule has 0 aliphatic heterocycles. The van der Waals surface area contributed by atoms with E-state index in [2.05, 4.69) is 6.58 Å². The van der Waals surface area contributed by atoms with E-state index >= 15 is 0 Å². The van der Waals surface area contributed by atoms with Crippen LogP contribution in [-0.4, -0.2) is 25.9 Å². The van der Waals surface area contributed by atoms with Crippen molar-refractivity contribution in [2.45, 2.75) is 3.79 Å². The molecule has 0 atom stereocenters. The molecule has 0 radical (unpaired) electrons. The third kappa shape index (κ3) is 12.2. The van der Waals surface area contributed by atoms with Crippen LogP contribution >= 0.6 is 34.8 Å². The van der Waals surface area contributed by atoms with E-state index in [4.69, 9.17) is 45.0 Å². The third-order valence-corrected chi connectivity index (χ3v) is 0.902. The van der Waals surface area contributed by atoms with Crippen LogP contribution in [0.3, 0.4) is 0 Å². The lowest BCUT2D eigenvalue weighted by molar-refractivity contribution is -0.136.